The molecule has 3 aromatic rings. The van der Waals surface area contributed by atoms with E-state index in [1.807, 2.05) is 39.8 Å². The fraction of sp³-hybridized carbons (Fsp3) is 0.269. The lowest BCUT2D eigenvalue weighted by Gasteiger charge is -2.24. The van der Waals surface area contributed by atoms with E-state index in [0.29, 0.717) is 5.02 Å². The minimum absolute atomic E-state index is 0.0162. The van der Waals surface area contributed by atoms with Crippen LogP contribution in [0.15, 0.2) is 59.5 Å². The van der Waals surface area contributed by atoms with Gasteiger partial charge in [-0.2, -0.15) is 4.31 Å². The number of benzene rings is 3. The molecule has 1 atom stereocenters. The summed E-state index contributed by atoms with van der Waals surface area (Å²) in [6, 6.07) is 13.3. The zero-order chi connectivity index (χ0) is 25.9. The Morgan fingerprint density at radius 1 is 1.00 bits per heavy atom. The first-order chi connectivity index (χ1) is 16.4. The lowest BCUT2D eigenvalue weighted by molar-refractivity contribution is -0.122. The zero-order valence-corrected chi connectivity index (χ0v) is 22.2. The third kappa shape index (κ3) is 6.41. The molecule has 3 rings (SSSR count). The van der Waals surface area contributed by atoms with Crippen LogP contribution in [0.4, 0.5) is 4.39 Å². The monoisotopic (exact) mass is 536 g/mol. The van der Waals surface area contributed by atoms with Crippen molar-refractivity contribution in [2.24, 2.45) is 0 Å². The quantitative estimate of drug-likeness (QED) is 0.376. The van der Waals surface area contributed by atoms with E-state index in [9.17, 15) is 17.6 Å². The molecule has 0 bridgehead atoms. The zero-order valence-electron chi connectivity index (χ0n) is 19.9. The summed E-state index contributed by atoms with van der Waals surface area (Å²) < 4.78 is 42.3. The molecule has 0 radical (unpaired) electrons. The Kier molecular flexibility index (Phi) is 8.59. The van der Waals surface area contributed by atoms with Crippen LogP contribution in [0.2, 0.25) is 10.0 Å². The standard InChI is InChI=1S/C26H27Cl2FN2O3S/c1-16-12-18(3)22(13-17(16)2)19(4)30-26(32)15-31(14-23-24(28)6-5-7-25(23)29)35(33,34)21-10-8-20(27)9-11-21/h5-13,19H,14-15H2,1-4H3,(H,30,32)/t19-/m0/s1. The molecule has 0 saturated carbocycles. The summed E-state index contributed by atoms with van der Waals surface area (Å²) in [5, 5.41) is 3.30. The maximum Gasteiger partial charge on any atom is 0.243 e. The molecular formula is C26H27Cl2FN2O3S. The second-order valence-corrected chi connectivity index (χ2v) is 11.3. The highest BCUT2D eigenvalue weighted by atomic mass is 35.5. The summed E-state index contributed by atoms with van der Waals surface area (Å²) in [6.07, 6.45) is 0. The van der Waals surface area contributed by atoms with Crippen molar-refractivity contribution in [3.8, 4) is 0 Å². The van der Waals surface area contributed by atoms with E-state index in [1.54, 1.807) is 0 Å². The molecule has 9 heteroatoms. The average Bonchev–Trinajstić information content (AvgIpc) is 2.78. The maximum atomic E-state index is 14.5. The Morgan fingerprint density at radius 2 is 1.63 bits per heavy atom. The Morgan fingerprint density at radius 3 is 2.26 bits per heavy atom. The molecule has 0 aliphatic heterocycles. The van der Waals surface area contributed by atoms with Gasteiger partial charge < -0.3 is 5.32 Å². The SMILES string of the molecule is Cc1cc(C)c([C@H](C)NC(=O)CN(Cc2c(F)cccc2Cl)S(=O)(=O)c2ccc(Cl)cc2)cc1C. The summed E-state index contributed by atoms with van der Waals surface area (Å²) in [4.78, 5) is 13.0. The van der Waals surface area contributed by atoms with Gasteiger partial charge in [-0.3, -0.25) is 4.79 Å². The average molecular weight is 537 g/mol. The molecule has 0 spiro atoms. The van der Waals surface area contributed by atoms with E-state index >= 15 is 0 Å². The number of rotatable bonds is 8. The molecule has 0 saturated heterocycles. The molecule has 1 amide bonds. The van der Waals surface area contributed by atoms with E-state index in [0.717, 1.165) is 26.6 Å². The second kappa shape index (κ2) is 11.1. The lowest BCUT2D eigenvalue weighted by atomic mass is 9.96. The summed E-state index contributed by atoms with van der Waals surface area (Å²) >= 11 is 12.1. The van der Waals surface area contributed by atoms with Crippen LogP contribution in [0.5, 0.6) is 0 Å². The predicted octanol–water partition coefficient (Wildman–Crippen LogP) is 6.13. The number of hydrogen-bond acceptors (Lipinski definition) is 3. The molecule has 5 nitrogen and oxygen atoms in total. The lowest BCUT2D eigenvalue weighted by Crippen LogP contribution is -2.41. The minimum atomic E-state index is -4.18. The molecule has 0 unspecified atom stereocenters. The largest absolute Gasteiger partial charge is 0.348 e. The van der Waals surface area contributed by atoms with E-state index in [2.05, 4.69) is 5.32 Å². The minimum Gasteiger partial charge on any atom is -0.348 e. The van der Waals surface area contributed by atoms with Crippen molar-refractivity contribution in [1.82, 2.24) is 9.62 Å². The van der Waals surface area contributed by atoms with Gasteiger partial charge in [-0.15, -0.1) is 0 Å². The van der Waals surface area contributed by atoms with Gasteiger partial charge in [0.05, 0.1) is 17.5 Å². The molecule has 35 heavy (non-hydrogen) atoms. The van der Waals surface area contributed by atoms with Crippen LogP contribution in [-0.4, -0.2) is 25.2 Å². The summed E-state index contributed by atoms with van der Waals surface area (Å²) in [5.41, 5.74) is 4.17. The van der Waals surface area contributed by atoms with E-state index in [-0.39, 0.29) is 21.5 Å². The summed E-state index contributed by atoms with van der Waals surface area (Å²) in [6.45, 7) is 6.86. The molecule has 0 aliphatic carbocycles. The Balaban J connectivity index is 1.91. The number of carbonyl (C=O) groups is 1. The van der Waals surface area contributed by atoms with Gasteiger partial charge in [-0.1, -0.05) is 41.4 Å². The van der Waals surface area contributed by atoms with Gasteiger partial charge in [-0.05, 0) is 86.3 Å². The number of hydrogen-bond donors (Lipinski definition) is 1. The fourth-order valence-corrected chi connectivity index (χ4v) is 5.53. The van der Waals surface area contributed by atoms with Crippen LogP contribution in [0.3, 0.4) is 0 Å². The van der Waals surface area contributed by atoms with Gasteiger partial charge in [0.2, 0.25) is 15.9 Å². The number of amides is 1. The third-order valence-corrected chi connectivity index (χ3v) is 8.31. The van der Waals surface area contributed by atoms with Crippen molar-refractivity contribution < 1.29 is 17.6 Å². The van der Waals surface area contributed by atoms with Crippen molar-refractivity contribution in [3.05, 3.63) is 98.3 Å². The van der Waals surface area contributed by atoms with Crippen molar-refractivity contribution in [2.75, 3.05) is 6.54 Å². The van der Waals surface area contributed by atoms with Gasteiger partial charge in [0.15, 0.2) is 0 Å². The maximum absolute atomic E-state index is 14.5. The summed E-state index contributed by atoms with van der Waals surface area (Å²) in [7, 11) is -4.18. The van der Waals surface area contributed by atoms with E-state index < -0.39 is 34.8 Å². The first kappa shape index (κ1) is 27.1. The second-order valence-electron chi connectivity index (χ2n) is 8.51. The highest BCUT2D eigenvalue weighted by Crippen LogP contribution is 2.26. The van der Waals surface area contributed by atoms with Crippen LogP contribution in [0.25, 0.3) is 0 Å². The Labute approximate surface area is 215 Å². The van der Waals surface area contributed by atoms with E-state index in [1.165, 1.54) is 42.5 Å². The number of sulfonamides is 1. The predicted molar refractivity (Wildman–Crippen MR) is 138 cm³/mol. The van der Waals surface area contributed by atoms with Crippen LogP contribution in [0.1, 0.15) is 40.8 Å². The van der Waals surface area contributed by atoms with Crippen LogP contribution < -0.4 is 5.32 Å². The smallest absolute Gasteiger partial charge is 0.243 e. The van der Waals surface area contributed by atoms with Gasteiger partial charge in [0.1, 0.15) is 5.82 Å². The molecule has 186 valence electrons. The molecule has 0 aromatic heterocycles. The third-order valence-electron chi connectivity index (χ3n) is 5.89. The fourth-order valence-electron chi connectivity index (χ4n) is 3.82. The van der Waals surface area contributed by atoms with Gasteiger partial charge in [0.25, 0.3) is 0 Å². The highest BCUT2D eigenvalue weighted by Gasteiger charge is 2.29. The number of aryl methyl sites for hydroxylation is 3. The number of carbonyl (C=O) groups excluding carboxylic acids is 1. The molecule has 0 heterocycles. The van der Waals surface area contributed by atoms with Crippen molar-refractivity contribution >= 4 is 39.1 Å². The van der Waals surface area contributed by atoms with Crippen LogP contribution in [-0.2, 0) is 21.4 Å². The van der Waals surface area contributed by atoms with Crippen molar-refractivity contribution in [1.29, 1.82) is 0 Å². The van der Waals surface area contributed by atoms with Gasteiger partial charge >= 0.3 is 0 Å². The molecule has 1 N–H and O–H groups in total. The molecule has 0 fully saturated rings. The van der Waals surface area contributed by atoms with Crippen molar-refractivity contribution in [2.45, 2.75) is 45.2 Å². The van der Waals surface area contributed by atoms with E-state index in [4.69, 9.17) is 23.2 Å². The normalized spacial score (nSPS) is 12.6. The topological polar surface area (TPSA) is 66.5 Å². The first-order valence-electron chi connectivity index (χ1n) is 11.0. The Hall–Kier alpha value is -2.45. The summed E-state index contributed by atoms with van der Waals surface area (Å²) in [5.74, 6) is -1.19. The molecule has 0 aliphatic rings. The Bertz CT molecular complexity index is 1330. The van der Waals surface area contributed by atoms with Crippen LogP contribution in [0, 0.1) is 26.6 Å². The molecule has 3 aromatic carbocycles. The highest BCUT2D eigenvalue weighted by molar-refractivity contribution is 7.89. The molecular weight excluding hydrogens is 510 g/mol. The number of halogens is 3. The number of nitrogens with one attached hydrogen (secondary N) is 1. The first-order valence-corrected chi connectivity index (χ1v) is 13.2. The number of nitrogens with zero attached hydrogens (tertiary/aromatic N) is 1. The van der Waals surface area contributed by atoms with Crippen molar-refractivity contribution in [3.63, 3.8) is 0 Å². The van der Waals surface area contributed by atoms with Gasteiger partial charge in [0, 0.05) is 22.2 Å². The van der Waals surface area contributed by atoms with Gasteiger partial charge in [-0.25, -0.2) is 12.8 Å². The van der Waals surface area contributed by atoms with Crippen LogP contribution >= 0.6 is 23.2 Å².